The first-order valence-corrected chi connectivity index (χ1v) is 17.5. The molecule has 0 aliphatic carbocycles. The smallest absolute Gasteiger partial charge is 0.379 e. The predicted octanol–water partition coefficient (Wildman–Crippen LogP) is 0.210. The van der Waals surface area contributed by atoms with Crippen LogP contribution in [-0.4, -0.2) is 153 Å². The molecule has 48 heavy (non-hydrogen) atoms. The first kappa shape index (κ1) is 43.4. The summed E-state index contributed by atoms with van der Waals surface area (Å²) in [4.78, 5) is 51.3. The Labute approximate surface area is 284 Å². The topological polar surface area (TPSA) is 192 Å². The maximum Gasteiger partial charge on any atom is 0.379 e. The van der Waals surface area contributed by atoms with Crippen LogP contribution < -0.4 is 20.5 Å². The first-order chi connectivity index (χ1) is 23.0. The van der Waals surface area contributed by atoms with E-state index in [1.165, 1.54) is 17.0 Å². The summed E-state index contributed by atoms with van der Waals surface area (Å²) in [7, 11) is 0.825. The zero-order chi connectivity index (χ0) is 35.6. The Morgan fingerprint density at radius 2 is 1.15 bits per heavy atom. The fourth-order valence-electron chi connectivity index (χ4n) is 3.93. The fraction of sp³-hybridized carbons (Fsp3) is 0.710. The van der Waals surface area contributed by atoms with E-state index in [2.05, 4.69) is 16.0 Å². The molecule has 0 aliphatic heterocycles. The van der Waals surface area contributed by atoms with Crippen LogP contribution in [0.5, 0.6) is 5.75 Å². The van der Waals surface area contributed by atoms with Gasteiger partial charge in [-0.2, -0.15) is 0 Å². The van der Waals surface area contributed by atoms with Gasteiger partial charge in [-0.3, -0.25) is 19.3 Å². The quantitative estimate of drug-likeness (QED) is 0.0654. The minimum atomic E-state index is -3.86. The molecular weight excluding hydrogens is 651 g/mol. The van der Waals surface area contributed by atoms with Crippen LogP contribution in [0.15, 0.2) is 24.3 Å². The summed E-state index contributed by atoms with van der Waals surface area (Å²) < 4.78 is 48.8. The van der Waals surface area contributed by atoms with Gasteiger partial charge in [-0.05, 0) is 24.1 Å². The molecular formula is C31H55N4O12P. The normalized spacial score (nSPS) is 13.2. The molecule has 0 saturated carbocycles. The number of rotatable bonds is 29. The standard InChI is InChI=1S/C31H55N4O12P/c1-25(2)48(39,40)47-27-8-6-26(7-9-27)22-28(31(38)34-12-15-46-21-18-43-5)35(23-29(36)32-10-13-44-19-16-41-3)24-30(37)33-11-14-45-20-17-42-4/h6-9,25,28H,10-24H2,1-5H3,(H,32,36)(H,33,37)(H,34,38)(H,39,40). The van der Waals surface area contributed by atoms with Crippen molar-refractivity contribution in [2.75, 3.05) is 114 Å². The van der Waals surface area contributed by atoms with Crippen molar-refractivity contribution in [2.24, 2.45) is 0 Å². The summed E-state index contributed by atoms with van der Waals surface area (Å²) in [6, 6.07) is 5.45. The van der Waals surface area contributed by atoms with E-state index in [0.717, 1.165) is 0 Å². The highest BCUT2D eigenvalue weighted by atomic mass is 31.2. The monoisotopic (exact) mass is 706 g/mol. The Morgan fingerprint density at radius 3 is 1.56 bits per heavy atom. The zero-order valence-electron chi connectivity index (χ0n) is 28.9. The highest BCUT2D eigenvalue weighted by molar-refractivity contribution is 7.53. The van der Waals surface area contributed by atoms with Crippen LogP contribution in [0.2, 0.25) is 0 Å². The zero-order valence-corrected chi connectivity index (χ0v) is 29.8. The van der Waals surface area contributed by atoms with Crippen molar-refractivity contribution in [1.82, 2.24) is 20.9 Å². The molecule has 0 heterocycles. The van der Waals surface area contributed by atoms with Gasteiger partial charge < -0.3 is 53.8 Å². The van der Waals surface area contributed by atoms with Gasteiger partial charge in [0.25, 0.3) is 0 Å². The number of hydrogen-bond acceptors (Lipinski definition) is 12. The van der Waals surface area contributed by atoms with Gasteiger partial charge in [-0.25, -0.2) is 4.57 Å². The third-order valence-corrected chi connectivity index (χ3v) is 8.43. The van der Waals surface area contributed by atoms with Gasteiger partial charge in [0, 0.05) is 41.0 Å². The van der Waals surface area contributed by atoms with E-state index < -0.39 is 37.0 Å². The van der Waals surface area contributed by atoms with E-state index in [0.29, 0.717) is 45.2 Å². The van der Waals surface area contributed by atoms with Gasteiger partial charge in [0.15, 0.2) is 0 Å². The van der Waals surface area contributed by atoms with E-state index in [1.54, 1.807) is 47.3 Å². The Morgan fingerprint density at radius 1 is 0.708 bits per heavy atom. The minimum absolute atomic E-state index is 0.110. The summed E-state index contributed by atoms with van der Waals surface area (Å²) in [5.41, 5.74) is 0.0727. The third-order valence-electron chi connectivity index (χ3n) is 6.66. The van der Waals surface area contributed by atoms with Gasteiger partial charge in [0.2, 0.25) is 17.7 Å². The summed E-state index contributed by atoms with van der Waals surface area (Å²) >= 11 is 0. The summed E-state index contributed by atoms with van der Waals surface area (Å²) in [6.45, 7) is 6.42. The molecule has 0 spiro atoms. The number of nitrogens with zero attached hydrogens (tertiary/aromatic N) is 1. The average molecular weight is 707 g/mol. The molecule has 2 unspecified atom stereocenters. The number of benzene rings is 1. The van der Waals surface area contributed by atoms with Gasteiger partial charge in [-0.15, -0.1) is 0 Å². The van der Waals surface area contributed by atoms with Gasteiger partial charge >= 0.3 is 7.60 Å². The number of carbonyl (C=O) groups is 3. The third kappa shape index (κ3) is 20.0. The van der Waals surface area contributed by atoms with Crippen molar-refractivity contribution in [1.29, 1.82) is 0 Å². The number of methoxy groups -OCH3 is 3. The number of carbonyl (C=O) groups excluding carboxylic acids is 3. The van der Waals surface area contributed by atoms with E-state index in [1.807, 2.05) is 0 Å². The number of hydrogen-bond donors (Lipinski definition) is 4. The van der Waals surface area contributed by atoms with Crippen LogP contribution in [0, 0.1) is 0 Å². The van der Waals surface area contributed by atoms with Crippen molar-refractivity contribution in [3.63, 3.8) is 0 Å². The highest BCUT2D eigenvalue weighted by Crippen LogP contribution is 2.47. The van der Waals surface area contributed by atoms with Gasteiger partial charge in [-0.1, -0.05) is 26.0 Å². The van der Waals surface area contributed by atoms with Crippen molar-refractivity contribution in [3.8, 4) is 5.75 Å². The average Bonchev–Trinajstić information content (AvgIpc) is 3.05. The Bertz CT molecular complexity index is 1050. The van der Waals surface area contributed by atoms with Crippen LogP contribution in [0.3, 0.4) is 0 Å². The molecule has 0 saturated heterocycles. The lowest BCUT2D eigenvalue weighted by molar-refractivity contribution is -0.131. The molecule has 16 nitrogen and oxygen atoms in total. The molecule has 0 bridgehead atoms. The molecule has 1 aromatic carbocycles. The second-order valence-electron chi connectivity index (χ2n) is 10.8. The maximum absolute atomic E-state index is 13.6. The lowest BCUT2D eigenvalue weighted by atomic mass is 10.0. The molecule has 3 amide bonds. The Hall–Kier alpha value is -2.66. The second kappa shape index (κ2) is 26.2. The summed E-state index contributed by atoms with van der Waals surface area (Å²) in [5, 5.41) is 8.36. The lowest BCUT2D eigenvalue weighted by Crippen LogP contribution is -2.54. The van der Waals surface area contributed by atoms with E-state index in [9.17, 15) is 23.8 Å². The van der Waals surface area contributed by atoms with Crippen molar-refractivity contribution < 1.29 is 56.8 Å². The molecule has 1 rings (SSSR count). The number of nitrogens with one attached hydrogen (secondary N) is 3. The van der Waals surface area contributed by atoms with Crippen molar-refractivity contribution >= 4 is 25.3 Å². The molecule has 1 aromatic rings. The highest BCUT2D eigenvalue weighted by Gasteiger charge is 2.30. The van der Waals surface area contributed by atoms with Gasteiger partial charge in [0.1, 0.15) is 5.75 Å². The van der Waals surface area contributed by atoms with Crippen LogP contribution >= 0.6 is 7.60 Å². The molecule has 276 valence electrons. The SMILES string of the molecule is COCCOCCNC(=O)CN(CC(=O)NCCOCCOC)C(Cc1ccc(OP(=O)(O)C(C)C)cc1)C(=O)NCCOCCOC. The molecule has 17 heteroatoms. The number of amides is 3. The Kier molecular flexibility index (Phi) is 23.7. The molecule has 4 N–H and O–H groups in total. The van der Waals surface area contributed by atoms with Crippen molar-refractivity contribution in [3.05, 3.63) is 29.8 Å². The van der Waals surface area contributed by atoms with Crippen LogP contribution in [0.1, 0.15) is 19.4 Å². The van der Waals surface area contributed by atoms with Crippen LogP contribution in [0.4, 0.5) is 0 Å². The van der Waals surface area contributed by atoms with Crippen LogP contribution in [-0.2, 0) is 53.8 Å². The van der Waals surface area contributed by atoms with E-state index >= 15 is 0 Å². The summed E-state index contributed by atoms with van der Waals surface area (Å²) in [5.74, 6) is -1.03. The maximum atomic E-state index is 13.6. The minimum Gasteiger partial charge on any atom is -0.424 e. The molecule has 0 aromatic heterocycles. The van der Waals surface area contributed by atoms with Crippen LogP contribution in [0.25, 0.3) is 0 Å². The van der Waals surface area contributed by atoms with E-state index in [-0.39, 0.29) is 64.7 Å². The molecule has 2 atom stereocenters. The number of ether oxygens (including phenoxy) is 6. The predicted molar refractivity (Wildman–Crippen MR) is 178 cm³/mol. The van der Waals surface area contributed by atoms with E-state index in [4.69, 9.17) is 32.9 Å². The fourth-order valence-corrected chi connectivity index (χ4v) is 4.57. The van der Waals surface area contributed by atoms with Gasteiger partial charge in [0.05, 0.1) is 84.3 Å². The largest absolute Gasteiger partial charge is 0.424 e. The van der Waals surface area contributed by atoms with Crippen molar-refractivity contribution in [2.45, 2.75) is 32.0 Å². The Balaban J connectivity index is 3.14. The second-order valence-corrected chi connectivity index (χ2v) is 13.2. The lowest BCUT2D eigenvalue weighted by Gasteiger charge is -2.30. The molecule has 0 aliphatic rings. The molecule has 0 fully saturated rings. The first-order valence-electron chi connectivity index (χ1n) is 15.9. The summed E-state index contributed by atoms with van der Waals surface area (Å²) in [6.07, 6.45) is 0.110. The molecule has 0 radical (unpaired) electrons.